The van der Waals surface area contributed by atoms with E-state index in [4.69, 9.17) is 19.9 Å². The summed E-state index contributed by atoms with van der Waals surface area (Å²) in [4.78, 5) is 36.5. The number of rotatable bonds is 10. The first-order valence-electron chi connectivity index (χ1n) is 13.4. The van der Waals surface area contributed by atoms with Gasteiger partial charge in [0.15, 0.2) is 0 Å². The van der Waals surface area contributed by atoms with Crippen LogP contribution in [0.15, 0.2) is 12.3 Å². The first-order chi connectivity index (χ1) is 17.9. The van der Waals surface area contributed by atoms with Gasteiger partial charge in [-0.15, -0.1) is 0 Å². The number of amides is 3. The van der Waals surface area contributed by atoms with Crippen LogP contribution in [-0.4, -0.2) is 59.8 Å². The second-order valence-corrected chi connectivity index (χ2v) is 12.2. The summed E-state index contributed by atoms with van der Waals surface area (Å²) in [6.07, 6.45) is 8.71. The number of carbonyl (C=O) groups is 3. The summed E-state index contributed by atoms with van der Waals surface area (Å²) >= 11 is 0. The van der Waals surface area contributed by atoms with Crippen LogP contribution in [0.3, 0.4) is 0 Å². The van der Waals surface area contributed by atoms with Crippen molar-refractivity contribution in [2.45, 2.75) is 71.4 Å². The Labute approximate surface area is 223 Å². The topological polar surface area (TPSA) is 147 Å². The summed E-state index contributed by atoms with van der Waals surface area (Å²) < 4.78 is 17.5. The molecule has 210 valence electrons. The lowest BCUT2D eigenvalue weighted by atomic mass is 9.48. The maximum atomic E-state index is 13.6. The van der Waals surface area contributed by atoms with Gasteiger partial charge in [0, 0.05) is 17.7 Å². The van der Waals surface area contributed by atoms with Gasteiger partial charge in [0.05, 0.1) is 32.1 Å². The van der Waals surface area contributed by atoms with Crippen molar-refractivity contribution in [3.8, 4) is 5.88 Å². The molecule has 2 unspecified atom stereocenters. The van der Waals surface area contributed by atoms with Crippen molar-refractivity contribution in [2.24, 2.45) is 34.8 Å². The van der Waals surface area contributed by atoms with Crippen molar-refractivity contribution >= 4 is 24.3 Å². The number of aromatic nitrogens is 2. The number of ether oxygens (including phenoxy) is 3. The molecule has 38 heavy (non-hydrogen) atoms. The SMILES string of the molecule is COC(=O)NC(C)(C)/C=C/n1ncc(C(=O)NC2C3CC4CC2CC(COC(N)=O)(C4)C3)c1OCC(C)C. The molecule has 0 spiro atoms. The molecule has 1 aromatic rings. The highest BCUT2D eigenvalue weighted by Crippen LogP contribution is 2.60. The smallest absolute Gasteiger partial charge is 0.407 e. The summed E-state index contributed by atoms with van der Waals surface area (Å²) in [5.41, 5.74) is 4.87. The molecule has 4 saturated carbocycles. The number of nitrogens with two attached hydrogens (primary N) is 1. The summed E-state index contributed by atoms with van der Waals surface area (Å²) in [6.45, 7) is 8.49. The fourth-order valence-corrected chi connectivity index (χ4v) is 6.67. The fourth-order valence-electron chi connectivity index (χ4n) is 6.67. The average Bonchev–Trinajstić information content (AvgIpc) is 3.24. The van der Waals surface area contributed by atoms with Gasteiger partial charge in [0.1, 0.15) is 5.56 Å². The third kappa shape index (κ3) is 6.24. The highest BCUT2D eigenvalue weighted by atomic mass is 16.5. The second-order valence-electron chi connectivity index (χ2n) is 12.2. The molecule has 0 radical (unpaired) electrons. The van der Waals surface area contributed by atoms with E-state index in [9.17, 15) is 14.4 Å². The zero-order valence-electron chi connectivity index (χ0n) is 23.0. The van der Waals surface area contributed by atoms with E-state index in [1.54, 1.807) is 12.3 Å². The van der Waals surface area contributed by atoms with Gasteiger partial charge in [-0.05, 0) is 75.7 Å². The predicted molar refractivity (Wildman–Crippen MR) is 140 cm³/mol. The molecule has 4 aliphatic carbocycles. The Hall–Kier alpha value is -3.24. The van der Waals surface area contributed by atoms with Crippen LogP contribution in [-0.2, 0) is 9.47 Å². The van der Waals surface area contributed by atoms with Crippen molar-refractivity contribution < 1.29 is 28.6 Å². The lowest BCUT2D eigenvalue weighted by molar-refractivity contribution is -0.0977. The molecule has 0 aliphatic heterocycles. The van der Waals surface area contributed by atoms with Crippen molar-refractivity contribution in [1.82, 2.24) is 20.4 Å². The van der Waals surface area contributed by atoms with Crippen LogP contribution in [0.1, 0.15) is 70.2 Å². The van der Waals surface area contributed by atoms with Crippen LogP contribution in [0.5, 0.6) is 5.88 Å². The van der Waals surface area contributed by atoms with E-state index in [1.165, 1.54) is 18.0 Å². The van der Waals surface area contributed by atoms with Crippen LogP contribution in [0.2, 0.25) is 0 Å². The van der Waals surface area contributed by atoms with Crippen LogP contribution in [0.4, 0.5) is 9.59 Å². The Morgan fingerprint density at radius 3 is 2.53 bits per heavy atom. The maximum Gasteiger partial charge on any atom is 0.407 e. The molecule has 5 rings (SSSR count). The van der Waals surface area contributed by atoms with Crippen LogP contribution < -0.4 is 21.1 Å². The quantitative estimate of drug-likeness (QED) is 0.418. The lowest BCUT2D eigenvalue weighted by Crippen LogP contribution is -2.60. The molecule has 3 amide bonds. The van der Waals surface area contributed by atoms with Gasteiger partial charge in [0.25, 0.3) is 5.91 Å². The Morgan fingerprint density at radius 2 is 1.92 bits per heavy atom. The van der Waals surface area contributed by atoms with Gasteiger partial charge in [-0.25, -0.2) is 14.3 Å². The summed E-state index contributed by atoms with van der Waals surface area (Å²) in [5, 5.41) is 10.4. The largest absolute Gasteiger partial charge is 0.477 e. The Kier molecular flexibility index (Phi) is 7.94. The molecule has 1 aromatic heterocycles. The molecule has 4 aliphatic rings. The minimum absolute atomic E-state index is 0.0288. The number of hydrogen-bond acceptors (Lipinski definition) is 7. The highest BCUT2D eigenvalue weighted by molar-refractivity contribution is 5.96. The zero-order chi connectivity index (χ0) is 27.7. The number of hydrogen-bond donors (Lipinski definition) is 3. The predicted octanol–water partition coefficient (Wildman–Crippen LogP) is 3.54. The first kappa shape index (κ1) is 27.8. The van der Waals surface area contributed by atoms with Crippen molar-refractivity contribution in [1.29, 1.82) is 0 Å². The normalized spacial score (nSPS) is 27.9. The number of nitrogens with zero attached hydrogens (tertiary/aromatic N) is 2. The molecular weight excluding hydrogens is 490 g/mol. The van der Waals surface area contributed by atoms with Gasteiger partial charge in [-0.2, -0.15) is 5.10 Å². The van der Waals surface area contributed by atoms with E-state index in [0.717, 1.165) is 32.1 Å². The molecule has 4 N–H and O–H groups in total. The number of nitrogens with one attached hydrogen (secondary N) is 2. The van der Waals surface area contributed by atoms with E-state index in [1.807, 2.05) is 27.7 Å². The molecule has 4 bridgehead atoms. The lowest BCUT2D eigenvalue weighted by Gasteiger charge is -2.59. The van der Waals surface area contributed by atoms with Gasteiger partial charge in [-0.3, -0.25) is 4.79 Å². The molecule has 11 nitrogen and oxygen atoms in total. The standard InChI is InChI=1S/C27H41N5O6/c1-16(2)14-37-23-20(13-29-32(23)7-6-26(3,4)31-25(35)36-5)22(33)30-21-18-8-17-9-19(21)12-27(10-17,11-18)15-38-24(28)34/h6-7,13,16-19,21H,8-12,14-15H2,1-5H3,(H2,28,34)(H,30,33)(H,31,35)/b7-6+. The van der Waals surface area contributed by atoms with E-state index in [0.29, 0.717) is 42.4 Å². The zero-order valence-corrected chi connectivity index (χ0v) is 23.0. The first-order valence-corrected chi connectivity index (χ1v) is 13.4. The molecule has 11 heteroatoms. The van der Waals surface area contributed by atoms with Gasteiger partial charge in [0.2, 0.25) is 5.88 Å². The minimum Gasteiger partial charge on any atom is -0.477 e. The monoisotopic (exact) mass is 531 g/mol. The number of primary amides is 1. The van der Waals surface area contributed by atoms with Gasteiger partial charge in [-0.1, -0.05) is 13.8 Å². The van der Waals surface area contributed by atoms with Crippen LogP contribution in [0, 0.1) is 29.1 Å². The van der Waals surface area contributed by atoms with E-state index in [2.05, 4.69) is 15.7 Å². The maximum absolute atomic E-state index is 13.6. The Balaban J connectivity index is 1.50. The highest BCUT2D eigenvalue weighted by Gasteiger charge is 2.56. The molecule has 0 aromatic carbocycles. The van der Waals surface area contributed by atoms with Crippen molar-refractivity contribution in [3.05, 3.63) is 17.8 Å². The van der Waals surface area contributed by atoms with Crippen LogP contribution >= 0.6 is 0 Å². The molecule has 4 fully saturated rings. The Morgan fingerprint density at radius 1 is 1.24 bits per heavy atom. The second kappa shape index (κ2) is 10.9. The van der Waals surface area contributed by atoms with Crippen LogP contribution in [0.25, 0.3) is 6.20 Å². The van der Waals surface area contributed by atoms with Crippen molar-refractivity contribution in [2.75, 3.05) is 20.3 Å². The van der Waals surface area contributed by atoms with E-state index >= 15 is 0 Å². The fraction of sp³-hybridized carbons (Fsp3) is 0.704. The third-order valence-corrected chi connectivity index (χ3v) is 8.01. The summed E-state index contributed by atoms with van der Waals surface area (Å²) in [7, 11) is 1.31. The van der Waals surface area contributed by atoms with Gasteiger partial charge < -0.3 is 30.6 Å². The van der Waals surface area contributed by atoms with E-state index < -0.39 is 17.7 Å². The molecule has 0 saturated heterocycles. The average molecular weight is 532 g/mol. The number of carbonyl (C=O) groups excluding carboxylic acids is 3. The molecule has 1 heterocycles. The number of alkyl carbamates (subject to hydrolysis) is 1. The third-order valence-electron chi connectivity index (χ3n) is 8.01. The summed E-state index contributed by atoms with van der Waals surface area (Å²) in [6, 6.07) is 0.0563. The summed E-state index contributed by atoms with van der Waals surface area (Å²) in [5.74, 6) is 1.66. The Bertz CT molecular complexity index is 1060. The number of methoxy groups -OCH3 is 1. The molecule has 2 atom stereocenters. The van der Waals surface area contributed by atoms with E-state index in [-0.39, 0.29) is 23.3 Å². The molecular formula is C27H41N5O6. The minimum atomic E-state index is -0.727. The van der Waals surface area contributed by atoms with Crippen molar-refractivity contribution in [3.63, 3.8) is 0 Å². The van der Waals surface area contributed by atoms with Gasteiger partial charge >= 0.3 is 12.2 Å².